The van der Waals surface area contributed by atoms with Gasteiger partial charge in [-0.15, -0.1) is 0 Å². The zero-order chi connectivity index (χ0) is 9.42. The summed E-state index contributed by atoms with van der Waals surface area (Å²) >= 11 is 0. The van der Waals surface area contributed by atoms with Crippen LogP contribution in [-0.2, 0) is 7.05 Å². The highest BCUT2D eigenvalue weighted by atomic mass is 16.1. The van der Waals surface area contributed by atoms with Crippen LogP contribution in [0.4, 0.5) is 5.82 Å². The molecule has 0 aromatic carbocycles. The molecule has 2 rings (SSSR count). The zero-order valence-corrected chi connectivity index (χ0v) is 7.19. The van der Waals surface area contributed by atoms with Gasteiger partial charge in [0, 0.05) is 24.7 Å². The van der Waals surface area contributed by atoms with Crippen LogP contribution < -0.4 is 11.3 Å². The summed E-state index contributed by atoms with van der Waals surface area (Å²) in [7, 11) is 1.71. The average molecular weight is 175 g/mol. The third-order valence-corrected chi connectivity index (χ3v) is 2.08. The molecule has 0 saturated carbocycles. The Morgan fingerprint density at radius 1 is 1.38 bits per heavy atom. The molecule has 2 heterocycles. The number of nitrogens with two attached hydrogens (primary N) is 1. The number of pyridine rings is 2. The van der Waals surface area contributed by atoms with Crippen molar-refractivity contribution in [1.29, 1.82) is 0 Å². The van der Waals surface area contributed by atoms with Gasteiger partial charge in [0.1, 0.15) is 5.82 Å². The summed E-state index contributed by atoms with van der Waals surface area (Å²) in [5.74, 6) is 0.452. The standard InChI is InChI=1S/C9H9N3O/c1-12-7-4-5-11-9(10)6(7)2-3-8(12)13/h2-5H,1H3,(H2,10,11). The Hall–Kier alpha value is -1.84. The first-order chi connectivity index (χ1) is 6.20. The molecule has 4 nitrogen and oxygen atoms in total. The fraction of sp³-hybridized carbons (Fsp3) is 0.111. The van der Waals surface area contributed by atoms with E-state index in [-0.39, 0.29) is 5.56 Å². The summed E-state index contributed by atoms with van der Waals surface area (Å²) in [6, 6.07) is 4.95. The summed E-state index contributed by atoms with van der Waals surface area (Å²) in [6.45, 7) is 0. The molecule has 0 spiro atoms. The monoisotopic (exact) mass is 175 g/mol. The molecule has 0 aliphatic carbocycles. The highest BCUT2D eigenvalue weighted by Gasteiger charge is 2.01. The molecule has 0 aliphatic heterocycles. The van der Waals surface area contributed by atoms with E-state index in [0.29, 0.717) is 5.82 Å². The van der Waals surface area contributed by atoms with E-state index in [0.717, 1.165) is 10.9 Å². The normalized spacial score (nSPS) is 10.5. The number of aryl methyl sites for hydroxylation is 1. The molecule has 0 fully saturated rings. The van der Waals surface area contributed by atoms with E-state index in [4.69, 9.17) is 5.73 Å². The summed E-state index contributed by atoms with van der Waals surface area (Å²) < 4.78 is 1.55. The molecule has 2 aromatic rings. The van der Waals surface area contributed by atoms with Gasteiger partial charge in [0.15, 0.2) is 0 Å². The van der Waals surface area contributed by atoms with E-state index in [1.807, 2.05) is 0 Å². The number of rotatable bonds is 0. The summed E-state index contributed by atoms with van der Waals surface area (Å²) in [4.78, 5) is 15.2. The lowest BCUT2D eigenvalue weighted by molar-refractivity contribution is 0.905. The Labute approximate surface area is 74.6 Å². The fourth-order valence-electron chi connectivity index (χ4n) is 1.33. The van der Waals surface area contributed by atoms with Gasteiger partial charge in [0.05, 0.1) is 5.52 Å². The minimum Gasteiger partial charge on any atom is -0.383 e. The highest BCUT2D eigenvalue weighted by Crippen LogP contribution is 2.14. The minimum absolute atomic E-state index is 0.0434. The highest BCUT2D eigenvalue weighted by molar-refractivity contribution is 5.87. The van der Waals surface area contributed by atoms with Crippen molar-refractivity contribution in [2.24, 2.45) is 7.05 Å². The van der Waals surface area contributed by atoms with Crippen molar-refractivity contribution in [1.82, 2.24) is 9.55 Å². The molecule has 13 heavy (non-hydrogen) atoms. The van der Waals surface area contributed by atoms with E-state index < -0.39 is 0 Å². The maximum atomic E-state index is 11.2. The quantitative estimate of drug-likeness (QED) is 0.634. The van der Waals surface area contributed by atoms with Crippen LogP contribution in [0.2, 0.25) is 0 Å². The first-order valence-electron chi connectivity index (χ1n) is 3.90. The third-order valence-electron chi connectivity index (χ3n) is 2.08. The lowest BCUT2D eigenvalue weighted by atomic mass is 10.2. The van der Waals surface area contributed by atoms with Gasteiger partial charge in [-0.1, -0.05) is 0 Å². The Balaban J connectivity index is 3.03. The molecule has 66 valence electrons. The third kappa shape index (κ3) is 1.07. The smallest absolute Gasteiger partial charge is 0.250 e. The summed E-state index contributed by atoms with van der Waals surface area (Å²) in [5, 5.41) is 0.810. The molecule has 2 aromatic heterocycles. The fourth-order valence-corrected chi connectivity index (χ4v) is 1.33. The van der Waals surface area contributed by atoms with Crippen LogP contribution in [-0.4, -0.2) is 9.55 Å². The van der Waals surface area contributed by atoms with Crippen LogP contribution in [0.3, 0.4) is 0 Å². The van der Waals surface area contributed by atoms with Gasteiger partial charge in [0.2, 0.25) is 0 Å². The number of anilines is 1. The number of nitrogen functional groups attached to an aromatic ring is 1. The summed E-state index contributed by atoms with van der Waals surface area (Å²) in [6.07, 6.45) is 1.59. The van der Waals surface area contributed by atoms with Crippen molar-refractivity contribution in [2.75, 3.05) is 5.73 Å². The second-order valence-electron chi connectivity index (χ2n) is 2.86. The lowest BCUT2D eigenvalue weighted by Gasteiger charge is -2.04. The van der Waals surface area contributed by atoms with Gasteiger partial charge in [-0.3, -0.25) is 4.79 Å². The topological polar surface area (TPSA) is 60.9 Å². The molecule has 0 bridgehead atoms. The maximum Gasteiger partial charge on any atom is 0.250 e. The van der Waals surface area contributed by atoms with Crippen LogP contribution >= 0.6 is 0 Å². The molecule has 0 atom stereocenters. The van der Waals surface area contributed by atoms with Crippen molar-refractivity contribution in [3.05, 3.63) is 34.7 Å². The number of nitrogens with zero attached hydrogens (tertiary/aromatic N) is 2. The number of aromatic nitrogens is 2. The number of hydrogen-bond donors (Lipinski definition) is 1. The van der Waals surface area contributed by atoms with Gasteiger partial charge >= 0.3 is 0 Å². The van der Waals surface area contributed by atoms with Crippen LogP contribution in [0.1, 0.15) is 0 Å². The van der Waals surface area contributed by atoms with Crippen LogP contribution in [0, 0.1) is 0 Å². The van der Waals surface area contributed by atoms with Gasteiger partial charge in [-0.25, -0.2) is 4.98 Å². The van der Waals surface area contributed by atoms with Crippen LogP contribution in [0.5, 0.6) is 0 Å². The molecule has 0 saturated heterocycles. The molecule has 0 unspecified atom stereocenters. The Morgan fingerprint density at radius 2 is 2.15 bits per heavy atom. The average Bonchev–Trinajstić information content (AvgIpc) is 2.12. The van der Waals surface area contributed by atoms with Gasteiger partial charge in [0.25, 0.3) is 5.56 Å². The molecule has 0 radical (unpaired) electrons. The van der Waals surface area contributed by atoms with Gasteiger partial charge in [-0.05, 0) is 12.1 Å². The Bertz CT molecular complexity index is 516. The van der Waals surface area contributed by atoms with E-state index in [9.17, 15) is 4.79 Å². The Kier molecular flexibility index (Phi) is 1.55. The van der Waals surface area contributed by atoms with Gasteiger partial charge < -0.3 is 10.3 Å². The zero-order valence-electron chi connectivity index (χ0n) is 7.19. The van der Waals surface area contributed by atoms with Gasteiger partial charge in [-0.2, -0.15) is 0 Å². The van der Waals surface area contributed by atoms with Crippen molar-refractivity contribution in [3.8, 4) is 0 Å². The first kappa shape index (κ1) is 7.79. The van der Waals surface area contributed by atoms with Crippen LogP contribution in [0.15, 0.2) is 29.2 Å². The largest absolute Gasteiger partial charge is 0.383 e. The first-order valence-corrected chi connectivity index (χ1v) is 3.90. The number of fused-ring (bicyclic) bond motifs is 1. The van der Waals surface area contributed by atoms with Crippen molar-refractivity contribution in [3.63, 3.8) is 0 Å². The van der Waals surface area contributed by atoms with Crippen molar-refractivity contribution in [2.45, 2.75) is 0 Å². The molecule has 0 aliphatic rings. The molecule has 2 N–H and O–H groups in total. The van der Waals surface area contributed by atoms with Crippen molar-refractivity contribution < 1.29 is 0 Å². The second kappa shape index (κ2) is 2.58. The predicted molar refractivity (Wildman–Crippen MR) is 51.4 cm³/mol. The lowest BCUT2D eigenvalue weighted by Crippen LogP contribution is -2.15. The van der Waals surface area contributed by atoms with Crippen molar-refractivity contribution >= 4 is 16.7 Å². The maximum absolute atomic E-state index is 11.2. The molecular formula is C9H9N3O. The molecule has 0 amide bonds. The minimum atomic E-state index is -0.0434. The Morgan fingerprint density at radius 3 is 2.92 bits per heavy atom. The van der Waals surface area contributed by atoms with E-state index in [1.54, 1.807) is 29.9 Å². The molecule has 4 heteroatoms. The predicted octanol–water partition coefficient (Wildman–Crippen LogP) is 0.516. The van der Waals surface area contributed by atoms with E-state index in [2.05, 4.69) is 4.98 Å². The number of hydrogen-bond acceptors (Lipinski definition) is 3. The SMILES string of the molecule is Cn1c(=O)ccc2c(N)nccc21. The molecular weight excluding hydrogens is 166 g/mol. The summed E-state index contributed by atoms with van der Waals surface area (Å²) in [5.41, 5.74) is 6.41. The van der Waals surface area contributed by atoms with Crippen LogP contribution in [0.25, 0.3) is 10.9 Å². The second-order valence-corrected chi connectivity index (χ2v) is 2.86. The van der Waals surface area contributed by atoms with E-state index in [1.165, 1.54) is 6.07 Å². The van der Waals surface area contributed by atoms with E-state index >= 15 is 0 Å².